The third kappa shape index (κ3) is 3.22. The van der Waals surface area contributed by atoms with Crippen molar-refractivity contribution in [2.45, 2.75) is 6.42 Å². The SMILES string of the molecule is COC(=O)C1CC(=O)NN(C(=O)c2cc(O)cc(O)c2)C1. The summed E-state index contributed by atoms with van der Waals surface area (Å²) in [6.07, 6.45) is -0.0677. The van der Waals surface area contributed by atoms with Crippen LogP contribution in [-0.4, -0.2) is 46.7 Å². The minimum absolute atomic E-state index is 0.0154. The molecule has 1 aliphatic rings. The molecule has 1 heterocycles. The second kappa shape index (κ2) is 5.70. The quantitative estimate of drug-likeness (QED) is 0.648. The van der Waals surface area contributed by atoms with Gasteiger partial charge in [-0.2, -0.15) is 0 Å². The van der Waals surface area contributed by atoms with Crippen LogP contribution in [0.3, 0.4) is 0 Å². The molecule has 1 aromatic rings. The molecule has 8 nitrogen and oxygen atoms in total. The number of nitrogens with one attached hydrogen (secondary N) is 1. The zero-order chi connectivity index (χ0) is 15.6. The van der Waals surface area contributed by atoms with Gasteiger partial charge in [0.05, 0.1) is 19.6 Å². The van der Waals surface area contributed by atoms with E-state index in [1.807, 2.05) is 0 Å². The number of ether oxygens (including phenoxy) is 1. The van der Waals surface area contributed by atoms with Crippen molar-refractivity contribution in [3.63, 3.8) is 0 Å². The van der Waals surface area contributed by atoms with Crippen LogP contribution in [0, 0.1) is 5.92 Å². The van der Waals surface area contributed by atoms with Gasteiger partial charge in [0.1, 0.15) is 11.5 Å². The monoisotopic (exact) mass is 294 g/mol. The first-order valence-electron chi connectivity index (χ1n) is 6.13. The average molecular weight is 294 g/mol. The van der Waals surface area contributed by atoms with E-state index in [4.69, 9.17) is 0 Å². The van der Waals surface area contributed by atoms with Gasteiger partial charge in [0.15, 0.2) is 0 Å². The molecule has 3 N–H and O–H groups in total. The average Bonchev–Trinajstić information content (AvgIpc) is 2.43. The summed E-state index contributed by atoms with van der Waals surface area (Å²) in [4.78, 5) is 35.3. The van der Waals surface area contributed by atoms with Crippen molar-refractivity contribution in [3.8, 4) is 11.5 Å². The van der Waals surface area contributed by atoms with Crippen molar-refractivity contribution in [2.24, 2.45) is 5.92 Å². The molecule has 0 saturated carbocycles. The molecule has 112 valence electrons. The number of hydrogen-bond acceptors (Lipinski definition) is 6. The van der Waals surface area contributed by atoms with Crippen molar-refractivity contribution in [1.82, 2.24) is 10.4 Å². The Labute approximate surface area is 119 Å². The second-order valence-electron chi connectivity index (χ2n) is 4.61. The number of esters is 1. The maximum Gasteiger partial charge on any atom is 0.311 e. The normalized spacial score (nSPS) is 18.0. The van der Waals surface area contributed by atoms with Gasteiger partial charge in [0.25, 0.3) is 5.91 Å². The van der Waals surface area contributed by atoms with E-state index in [9.17, 15) is 24.6 Å². The predicted molar refractivity (Wildman–Crippen MR) is 69.1 cm³/mol. The van der Waals surface area contributed by atoms with Gasteiger partial charge < -0.3 is 14.9 Å². The molecule has 1 atom stereocenters. The predicted octanol–water partition coefficient (Wildman–Crippen LogP) is -0.236. The van der Waals surface area contributed by atoms with Crippen LogP contribution in [0.4, 0.5) is 0 Å². The van der Waals surface area contributed by atoms with E-state index in [0.29, 0.717) is 0 Å². The number of nitrogens with zero attached hydrogens (tertiary/aromatic N) is 1. The number of phenolic OH excluding ortho intramolecular Hbond substituents is 2. The Balaban J connectivity index is 2.21. The minimum atomic E-state index is -0.751. The lowest BCUT2D eigenvalue weighted by atomic mass is 10.0. The molecule has 21 heavy (non-hydrogen) atoms. The first-order chi connectivity index (χ1) is 9.90. The van der Waals surface area contributed by atoms with Gasteiger partial charge in [-0.25, -0.2) is 5.01 Å². The smallest absolute Gasteiger partial charge is 0.311 e. The molecule has 1 unspecified atom stereocenters. The zero-order valence-corrected chi connectivity index (χ0v) is 11.2. The fourth-order valence-electron chi connectivity index (χ4n) is 2.08. The number of amides is 2. The van der Waals surface area contributed by atoms with E-state index in [2.05, 4.69) is 10.2 Å². The van der Waals surface area contributed by atoms with Crippen LogP contribution in [0.2, 0.25) is 0 Å². The molecule has 8 heteroatoms. The van der Waals surface area contributed by atoms with E-state index >= 15 is 0 Å². The highest BCUT2D eigenvalue weighted by Crippen LogP contribution is 2.22. The van der Waals surface area contributed by atoms with Crippen LogP contribution in [0.15, 0.2) is 18.2 Å². The summed E-state index contributed by atoms with van der Waals surface area (Å²) < 4.78 is 4.57. The molecule has 0 bridgehead atoms. The lowest BCUT2D eigenvalue weighted by Crippen LogP contribution is -2.54. The maximum atomic E-state index is 12.2. The first kappa shape index (κ1) is 14.6. The van der Waals surface area contributed by atoms with Crippen LogP contribution in [0.5, 0.6) is 11.5 Å². The number of rotatable bonds is 2. The van der Waals surface area contributed by atoms with Gasteiger partial charge >= 0.3 is 5.97 Å². The molecular weight excluding hydrogens is 280 g/mol. The van der Waals surface area contributed by atoms with Gasteiger partial charge in [-0.1, -0.05) is 0 Å². The van der Waals surface area contributed by atoms with Gasteiger partial charge in [-0.15, -0.1) is 0 Å². The molecule has 2 amide bonds. The Morgan fingerprint density at radius 3 is 2.48 bits per heavy atom. The first-order valence-corrected chi connectivity index (χ1v) is 6.13. The molecule has 0 radical (unpaired) electrons. The Morgan fingerprint density at radius 1 is 1.29 bits per heavy atom. The van der Waals surface area contributed by atoms with Crippen molar-refractivity contribution in [2.75, 3.05) is 13.7 Å². The van der Waals surface area contributed by atoms with Crippen molar-refractivity contribution in [1.29, 1.82) is 0 Å². The summed E-state index contributed by atoms with van der Waals surface area (Å²) in [5, 5.41) is 19.7. The van der Waals surface area contributed by atoms with Crippen molar-refractivity contribution >= 4 is 17.8 Å². The summed E-state index contributed by atoms with van der Waals surface area (Å²) in [5.74, 6) is -3.05. The van der Waals surface area contributed by atoms with Gasteiger partial charge in [0.2, 0.25) is 5.91 Å². The highest BCUT2D eigenvalue weighted by Gasteiger charge is 2.33. The fraction of sp³-hybridized carbons (Fsp3) is 0.308. The number of hydrazine groups is 1. The molecule has 0 aliphatic carbocycles. The van der Waals surface area contributed by atoms with E-state index in [0.717, 1.165) is 23.2 Å². The van der Waals surface area contributed by atoms with Crippen LogP contribution < -0.4 is 5.43 Å². The standard InChI is InChI=1S/C13H14N2O6/c1-21-13(20)8-4-11(18)14-15(6-8)12(19)7-2-9(16)5-10(17)3-7/h2-3,5,8,16-17H,4,6H2,1H3,(H,14,18). The van der Waals surface area contributed by atoms with Gasteiger partial charge in [-0.05, 0) is 12.1 Å². The van der Waals surface area contributed by atoms with Crippen molar-refractivity contribution < 1.29 is 29.3 Å². The van der Waals surface area contributed by atoms with E-state index in [-0.39, 0.29) is 30.0 Å². The lowest BCUT2D eigenvalue weighted by Gasteiger charge is -2.31. The molecule has 1 saturated heterocycles. The number of methoxy groups -OCH3 is 1. The largest absolute Gasteiger partial charge is 0.508 e. The summed E-state index contributed by atoms with van der Waals surface area (Å²) >= 11 is 0. The minimum Gasteiger partial charge on any atom is -0.508 e. The van der Waals surface area contributed by atoms with Crippen LogP contribution >= 0.6 is 0 Å². The Morgan fingerprint density at radius 2 is 1.90 bits per heavy atom. The number of aromatic hydroxyl groups is 2. The van der Waals surface area contributed by atoms with Crippen molar-refractivity contribution in [3.05, 3.63) is 23.8 Å². The lowest BCUT2D eigenvalue weighted by molar-refractivity contribution is -0.151. The molecule has 0 aromatic heterocycles. The molecule has 1 fully saturated rings. The molecule has 2 rings (SSSR count). The van der Waals surface area contributed by atoms with Crippen LogP contribution in [0.1, 0.15) is 16.8 Å². The third-order valence-corrected chi connectivity index (χ3v) is 3.02. The molecule has 0 spiro atoms. The Kier molecular flexibility index (Phi) is 3.97. The summed E-state index contributed by atoms with van der Waals surface area (Å²) in [7, 11) is 1.20. The third-order valence-electron chi connectivity index (χ3n) is 3.02. The van der Waals surface area contributed by atoms with Gasteiger partial charge in [-0.3, -0.25) is 19.8 Å². The number of hydrogen-bond donors (Lipinski definition) is 3. The number of carbonyl (C=O) groups excluding carboxylic acids is 3. The summed E-state index contributed by atoms with van der Waals surface area (Å²) in [6, 6.07) is 3.37. The molecular formula is C13H14N2O6. The Bertz CT molecular complexity index is 580. The van der Waals surface area contributed by atoms with Crippen LogP contribution in [-0.2, 0) is 14.3 Å². The highest BCUT2D eigenvalue weighted by molar-refractivity contribution is 5.97. The topological polar surface area (TPSA) is 116 Å². The van der Waals surface area contributed by atoms with E-state index in [1.54, 1.807) is 0 Å². The zero-order valence-electron chi connectivity index (χ0n) is 11.2. The molecule has 1 aliphatic heterocycles. The second-order valence-corrected chi connectivity index (χ2v) is 4.61. The number of carbonyl (C=O) groups is 3. The highest BCUT2D eigenvalue weighted by atomic mass is 16.5. The van der Waals surface area contributed by atoms with Crippen LogP contribution in [0.25, 0.3) is 0 Å². The maximum absolute atomic E-state index is 12.2. The van der Waals surface area contributed by atoms with E-state index in [1.165, 1.54) is 7.11 Å². The fourth-order valence-corrected chi connectivity index (χ4v) is 2.08. The number of phenols is 2. The molecule has 1 aromatic carbocycles. The summed E-state index contributed by atoms with van der Waals surface area (Å²) in [6.45, 7) is -0.0480. The number of benzene rings is 1. The van der Waals surface area contributed by atoms with E-state index < -0.39 is 23.7 Å². The van der Waals surface area contributed by atoms with Gasteiger partial charge in [0, 0.05) is 18.1 Å². The summed E-state index contributed by atoms with van der Waals surface area (Å²) in [5.41, 5.74) is 2.32. The Hall–Kier alpha value is -2.77.